The zero-order valence-electron chi connectivity index (χ0n) is 8.88. The van der Waals surface area contributed by atoms with Gasteiger partial charge in [0.1, 0.15) is 0 Å². The Morgan fingerprint density at radius 3 is 2.72 bits per heavy atom. The van der Waals surface area contributed by atoms with E-state index in [1.54, 1.807) is 0 Å². The molecular formula is C10H7FN4O3. The number of pyridine rings is 1. The maximum absolute atomic E-state index is 12.5. The number of carbonyl (C=O) groups excluding carboxylic acids is 1. The fourth-order valence-electron chi connectivity index (χ4n) is 1.27. The van der Waals surface area contributed by atoms with Crippen LogP contribution in [0.4, 0.5) is 15.9 Å². The molecule has 0 aliphatic heterocycles. The van der Waals surface area contributed by atoms with E-state index >= 15 is 0 Å². The molecule has 7 nitrogen and oxygen atoms in total. The summed E-state index contributed by atoms with van der Waals surface area (Å²) in [6.45, 7) is 0. The van der Waals surface area contributed by atoms with Gasteiger partial charge in [0.2, 0.25) is 5.95 Å². The van der Waals surface area contributed by atoms with Crippen molar-refractivity contribution >= 4 is 17.4 Å². The van der Waals surface area contributed by atoms with Gasteiger partial charge in [0.15, 0.2) is 5.69 Å². The molecule has 0 spiro atoms. The zero-order valence-corrected chi connectivity index (χ0v) is 8.88. The van der Waals surface area contributed by atoms with Gasteiger partial charge in [-0.15, -0.1) is 0 Å². The van der Waals surface area contributed by atoms with Crippen LogP contribution in [0.15, 0.2) is 30.5 Å². The highest BCUT2D eigenvalue weighted by molar-refractivity contribution is 6.03. The van der Waals surface area contributed by atoms with Crippen molar-refractivity contribution in [1.82, 2.24) is 9.97 Å². The fourth-order valence-corrected chi connectivity index (χ4v) is 1.27. The summed E-state index contributed by atoms with van der Waals surface area (Å²) < 4.78 is 12.5. The molecule has 2 N–H and O–H groups in total. The summed E-state index contributed by atoms with van der Waals surface area (Å²) in [4.78, 5) is 27.1. The SMILES string of the molecule is O=C(Nc1ccc(F)nc1)c1ccc([N+](=O)[O-])[nH]1. The molecule has 1 amide bonds. The van der Waals surface area contributed by atoms with Crippen LogP contribution in [-0.2, 0) is 0 Å². The van der Waals surface area contributed by atoms with E-state index in [2.05, 4.69) is 15.3 Å². The second-order valence-electron chi connectivity index (χ2n) is 3.34. The molecule has 0 bridgehead atoms. The Hall–Kier alpha value is -2.77. The molecule has 0 aliphatic rings. The molecule has 0 aliphatic carbocycles. The molecule has 8 heteroatoms. The number of H-pyrrole nitrogens is 1. The first-order valence-electron chi connectivity index (χ1n) is 4.82. The van der Waals surface area contributed by atoms with Gasteiger partial charge in [-0.25, -0.2) is 9.97 Å². The third kappa shape index (κ3) is 2.48. The van der Waals surface area contributed by atoms with Gasteiger partial charge in [0.05, 0.1) is 11.9 Å². The molecule has 0 saturated carbocycles. The van der Waals surface area contributed by atoms with Crippen LogP contribution in [0.2, 0.25) is 0 Å². The van der Waals surface area contributed by atoms with Crippen LogP contribution in [0.25, 0.3) is 0 Å². The summed E-state index contributed by atoms with van der Waals surface area (Å²) in [6.07, 6.45) is 1.14. The lowest BCUT2D eigenvalue weighted by molar-refractivity contribution is -0.389. The van der Waals surface area contributed by atoms with Gasteiger partial charge in [-0.2, -0.15) is 4.39 Å². The van der Waals surface area contributed by atoms with Gasteiger partial charge in [0, 0.05) is 6.07 Å². The average Bonchev–Trinajstić information content (AvgIpc) is 2.81. The monoisotopic (exact) mass is 250 g/mol. The lowest BCUT2D eigenvalue weighted by Gasteiger charge is -2.00. The van der Waals surface area contributed by atoms with E-state index < -0.39 is 16.8 Å². The van der Waals surface area contributed by atoms with Gasteiger partial charge in [-0.05, 0) is 23.1 Å². The largest absolute Gasteiger partial charge is 0.358 e. The van der Waals surface area contributed by atoms with Crippen molar-refractivity contribution < 1.29 is 14.1 Å². The second kappa shape index (κ2) is 4.62. The number of nitrogens with zero attached hydrogens (tertiary/aromatic N) is 2. The van der Waals surface area contributed by atoms with E-state index in [1.807, 2.05) is 0 Å². The van der Waals surface area contributed by atoms with Crippen molar-refractivity contribution in [3.8, 4) is 0 Å². The molecule has 0 radical (unpaired) electrons. The van der Waals surface area contributed by atoms with E-state index in [1.165, 1.54) is 18.2 Å². The van der Waals surface area contributed by atoms with Gasteiger partial charge >= 0.3 is 5.82 Å². The first-order chi connectivity index (χ1) is 8.56. The van der Waals surface area contributed by atoms with Crippen LogP contribution in [0.5, 0.6) is 0 Å². The summed E-state index contributed by atoms with van der Waals surface area (Å²) in [7, 11) is 0. The average molecular weight is 250 g/mol. The second-order valence-corrected chi connectivity index (χ2v) is 3.34. The number of hydrogen-bond acceptors (Lipinski definition) is 4. The van der Waals surface area contributed by atoms with Crippen molar-refractivity contribution in [2.75, 3.05) is 5.32 Å². The summed E-state index contributed by atoms with van der Waals surface area (Å²) in [6, 6.07) is 4.88. The van der Waals surface area contributed by atoms with Crippen LogP contribution < -0.4 is 5.32 Å². The van der Waals surface area contributed by atoms with Gasteiger partial charge in [-0.1, -0.05) is 0 Å². The lowest BCUT2D eigenvalue weighted by Crippen LogP contribution is -2.12. The number of aromatic amines is 1. The zero-order chi connectivity index (χ0) is 13.1. The Labute approximate surface area is 99.8 Å². The van der Waals surface area contributed by atoms with Crippen LogP contribution in [-0.4, -0.2) is 20.8 Å². The maximum atomic E-state index is 12.5. The highest BCUT2D eigenvalue weighted by Gasteiger charge is 2.15. The molecule has 18 heavy (non-hydrogen) atoms. The molecule has 2 aromatic rings. The number of rotatable bonds is 3. The number of nitrogens with one attached hydrogen (secondary N) is 2. The van der Waals surface area contributed by atoms with Crippen molar-refractivity contribution in [3.05, 3.63) is 52.2 Å². The molecule has 2 rings (SSSR count). The van der Waals surface area contributed by atoms with E-state index in [0.717, 1.165) is 12.3 Å². The molecule has 0 fully saturated rings. The third-order valence-electron chi connectivity index (χ3n) is 2.10. The summed E-state index contributed by atoms with van der Waals surface area (Å²) in [5.74, 6) is -1.52. The minimum absolute atomic E-state index is 0.0334. The molecule has 0 unspecified atom stereocenters. The lowest BCUT2D eigenvalue weighted by atomic mass is 10.3. The highest BCUT2D eigenvalue weighted by Crippen LogP contribution is 2.12. The van der Waals surface area contributed by atoms with Crippen molar-refractivity contribution in [2.24, 2.45) is 0 Å². The number of hydrogen-bond donors (Lipinski definition) is 2. The topological polar surface area (TPSA) is 101 Å². The minimum atomic E-state index is -0.663. The Bertz CT molecular complexity index is 593. The number of nitro groups is 1. The Morgan fingerprint density at radius 2 is 2.17 bits per heavy atom. The number of anilines is 1. The number of halogens is 1. The molecular weight excluding hydrogens is 243 g/mol. The fraction of sp³-hybridized carbons (Fsp3) is 0. The Kier molecular flexibility index (Phi) is 3.00. The predicted octanol–water partition coefficient (Wildman–Crippen LogP) is 1.71. The van der Waals surface area contributed by atoms with Crippen LogP contribution in [0.1, 0.15) is 10.5 Å². The van der Waals surface area contributed by atoms with Crippen LogP contribution >= 0.6 is 0 Å². The molecule has 0 saturated heterocycles. The number of amides is 1. The predicted molar refractivity (Wildman–Crippen MR) is 59.6 cm³/mol. The Balaban J connectivity index is 2.11. The summed E-state index contributed by atoms with van der Waals surface area (Å²) in [5.41, 5.74) is 0.324. The molecule has 0 atom stereocenters. The molecule has 2 aromatic heterocycles. The minimum Gasteiger partial charge on any atom is -0.358 e. The first-order valence-corrected chi connectivity index (χ1v) is 4.82. The van der Waals surface area contributed by atoms with E-state index in [4.69, 9.17) is 0 Å². The standard InChI is InChI=1S/C10H7FN4O3/c11-8-3-1-6(5-12-8)13-10(16)7-2-4-9(14-7)15(17)18/h1-5,14H,(H,13,16). The van der Waals surface area contributed by atoms with Crippen LogP contribution in [0.3, 0.4) is 0 Å². The summed E-state index contributed by atoms with van der Waals surface area (Å²) in [5, 5.41) is 12.8. The van der Waals surface area contributed by atoms with Gasteiger partial charge < -0.3 is 15.4 Å². The van der Waals surface area contributed by atoms with E-state index in [-0.39, 0.29) is 11.5 Å². The van der Waals surface area contributed by atoms with E-state index in [9.17, 15) is 19.3 Å². The third-order valence-corrected chi connectivity index (χ3v) is 2.10. The molecule has 0 aromatic carbocycles. The highest BCUT2D eigenvalue weighted by atomic mass is 19.1. The van der Waals surface area contributed by atoms with Gasteiger partial charge in [0.25, 0.3) is 5.91 Å². The first kappa shape index (κ1) is 11.7. The number of carbonyl (C=O) groups is 1. The number of aromatic nitrogens is 2. The van der Waals surface area contributed by atoms with Gasteiger partial charge in [-0.3, -0.25) is 4.79 Å². The summed E-state index contributed by atoms with van der Waals surface area (Å²) >= 11 is 0. The van der Waals surface area contributed by atoms with Crippen molar-refractivity contribution in [1.29, 1.82) is 0 Å². The van der Waals surface area contributed by atoms with Crippen molar-refractivity contribution in [2.45, 2.75) is 0 Å². The van der Waals surface area contributed by atoms with Crippen molar-refractivity contribution in [3.63, 3.8) is 0 Å². The van der Waals surface area contributed by atoms with E-state index in [0.29, 0.717) is 5.69 Å². The molecule has 92 valence electrons. The van der Waals surface area contributed by atoms with Crippen LogP contribution in [0, 0.1) is 16.1 Å². The normalized spacial score (nSPS) is 10.1. The Morgan fingerprint density at radius 1 is 1.39 bits per heavy atom. The smallest absolute Gasteiger partial charge is 0.321 e. The molecule has 2 heterocycles. The maximum Gasteiger partial charge on any atom is 0.321 e. The quantitative estimate of drug-likeness (QED) is 0.491.